The number of aliphatic hydroxyl groups is 1. The average Bonchev–Trinajstić information content (AvgIpc) is 3.05. The van der Waals surface area contributed by atoms with Gasteiger partial charge in [0.1, 0.15) is 5.75 Å². The Morgan fingerprint density at radius 3 is 2.53 bits per heavy atom. The van der Waals surface area contributed by atoms with Gasteiger partial charge in [0, 0.05) is 6.61 Å². The minimum absolute atomic E-state index is 0.210. The van der Waals surface area contributed by atoms with Crippen molar-refractivity contribution in [1.82, 2.24) is 0 Å². The van der Waals surface area contributed by atoms with Crippen molar-refractivity contribution in [3.8, 4) is 5.75 Å². The van der Waals surface area contributed by atoms with E-state index in [-0.39, 0.29) is 6.61 Å². The molecule has 0 radical (unpaired) electrons. The van der Waals surface area contributed by atoms with Crippen LogP contribution >= 0.6 is 0 Å². The molecule has 0 atom stereocenters. The van der Waals surface area contributed by atoms with Crippen molar-refractivity contribution in [1.29, 1.82) is 0 Å². The van der Waals surface area contributed by atoms with Crippen molar-refractivity contribution >= 4 is 0 Å². The Balaban J connectivity index is 1.75. The first-order valence-corrected chi connectivity index (χ1v) is 5.71. The molecule has 0 spiro atoms. The number of rotatable bonds is 6. The van der Waals surface area contributed by atoms with Crippen LogP contribution in [0.3, 0.4) is 0 Å². The molecule has 0 saturated heterocycles. The Kier molecular flexibility index (Phi) is 3.62. The van der Waals surface area contributed by atoms with E-state index < -0.39 is 0 Å². The molecule has 1 aromatic carbocycles. The smallest absolute Gasteiger partial charge is 0.119 e. The quantitative estimate of drug-likeness (QED) is 0.774. The summed E-state index contributed by atoms with van der Waals surface area (Å²) in [4.78, 5) is 0. The lowest BCUT2D eigenvalue weighted by atomic mass is 10.1. The highest BCUT2D eigenvalue weighted by atomic mass is 16.5. The zero-order chi connectivity index (χ0) is 10.5. The van der Waals surface area contributed by atoms with Gasteiger partial charge < -0.3 is 9.84 Å². The second-order valence-corrected chi connectivity index (χ2v) is 4.20. The van der Waals surface area contributed by atoms with Crippen LogP contribution in [0.25, 0.3) is 0 Å². The monoisotopic (exact) mass is 206 g/mol. The lowest BCUT2D eigenvalue weighted by molar-refractivity contribution is 0.297. The molecule has 15 heavy (non-hydrogen) atoms. The summed E-state index contributed by atoms with van der Waals surface area (Å²) in [6.07, 6.45) is 4.69. The summed E-state index contributed by atoms with van der Waals surface area (Å²) in [6, 6.07) is 8.00. The fourth-order valence-corrected chi connectivity index (χ4v) is 1.63. The lowest BCUT2D eigenvalue weighted by Gasteiger charge is -2.06. The number of aliphatic hydroxyl groups excluding tert-OH is 1. The van der Waals surface area contributed by atoms with Gasteiger partial charge in [0.2, 0.25) is 0 Å². The summed E-state index contributed by atoms with van der Waals surface area (Å²) >= 11 is 0. The molecule has 1 aliphatic carbocycles. The van der Waals surface area contributed by atoms with Crippen LogP contribution in [0.15, 0.2) is 24.3 Å². The van der Waals surface area contributed by atoms with E-state index in [9.17, 15) is 0 Å². The fourth-order valence-electron chi connectivity index (χ4n) is 1.63. The van der Waals surface area contributed by atoms with Gasteiger partial charge in [-0.05, 0) is 36.5 Å². The van der Waals surface area contributed by atoms with Gasteiger partial charge in [0.15, 0.2) is 0 Å². The molecule has 1 aliphatic rings. The van der Waals surface area contributed by atoms with Gasteiger partial charge in [0.25, 0.3) is 0 Å². The molecule has 2 nitrogen and oxygen atoms in total. The molecule has 0 aliphatic heterocycles. The first-order valence-electron chi connectivity index (χ1n) is 5.71. The normalized spacial score (nSPS) is 15.3. The highest BCUT2D eigenvalue weighted by molar-refractivity contribution is 5.27. The first kappa shape index (κ1) is 10.5. The Hall–Kier alpha value is -1.02. The van der Waals surface area contributed by atoms with E-state index in [2.05, 4.69) is 0 Å². The van der Waals surface area contributed by atoms with E-state index in [4.69, 9.17) is 9.84 Å². The molecule has 1 N–H and O–H groups in total. The molecule has 0 unspecified atom stereocenters. The first-order chi connectivity index (χ1) is 7.38. The molecule has 1 aromatic rings. The van der Waals surface area contributed by atoms with Crippen LogP contribution < -0.4 is 4.74 Å². The van der Waals surface area contributed by atoms with Crippen molar-refractivity contribution in [3.05, 3.63) is 29.8 Å². The van der Waals surface area contributed by atoms with Crippen LogP contribution in [0, 0.1) is 5.92 Å². The van der Waals surface area contributed by atoms with E-state index in [0.29, 0.717) is 0 Å². The van der Waals surface area contributed by atoms with Crippen molar-refractivity contribution < 1.29 is 9.84 Å². The zero-order valence-corrected chi connectivity index (χ0v) is 8.98. The number of ether oxygens (including phenoxy) is 1. The lowest BCUT2D eigenvalue weighted by Crippen LogP contribution is -1.98. The largest absolute Gasteiger partial charge is 0.494 e. The molecule has 0 bridgehead atoms. The molecule has 0 amide bonds. The minimum atomic E-state index is 0.210. The Labute approximate surface area is 90.9 Å². The van der Waals surface area contributed by atoms with Crippen molar-refractivity contribution in [2.75, 3.05) is 13.2 Å². The van der Waals surface area contributed by atoms with Gasteiger partial charge in [-0.2, -0.15) is 0 Å². The molecule has 2 heteroatoms. The third-order valence-corrected chi connectivity index (χ3v) is 2.82. The summed E-state index contributed by atoms with van der Waals surface area (Å²) < 4.78 is 5.63. The maximum absolute atomic E-state index is 8.77. The van der Waals surface area contributed by atoms with Gasteiger partial charge in [-0.1, -0.05) is 25.0 Å². The van der Waals surface area contributed by atoms with E-state index in [1.807, 2.05) is 24.3 Å². The van der Waals surface area contributed by atoms with Gasteiger partial charge >= 0.3 is 0 Å². The summed E-state index contributed by atoms with van der Waals surface area (Å²) in [5.74, 6) is 1.87. The van der Waals surface area contributed by atoms with Gasteiger partial charge in [-0.15, -0.1) is 0 Å². The maximum Gasteiger partial charge on any atom is 0.119 e. The number of hydrogen-bond donors (Lipinski definition) is 1. The van der Waals surface area contributed by atoms with E-state index >= 15 is 0 Å². The maximum atomic E-state index is 8.77. The summed E-state index contributed by atoms with van der Waals surface area (Å²) in [5.41, 5.74) is 1.16. The Morgan fingerprint density at radius 2 is 1.93 bits per heavy atom. The fraction of sp³-hybridized carbons (Fsp3) is 0.538. The molecule has 0 aromatic heterocycles. The third kappa shape index (κ3) is 3.56. The molecular weight excluding hydrogens is 188 g/mol. The van der Waals surface area contributed by atoms with Crippen LogP contribution in [0.5, 0.6) is 5.75 Å². The van der Waals surface area contributed by atoms with E-state index in [1.54, 1.807) is 0 Å². The third-order valence-electron chi connectivity index (χ3n) is 2.82. The van der Waals surface area contributed by atoms with Crippen LogP contribution in [0.2, 0.25) is 0 Å². The molecule has 2 rings (SSSR count). The Morgan fingerprint density at radius 1 is 1.20 bits per heavy atom. The second-order valence-electron chi connectivity index (χ2n) is 4.20. The predicted octanol–water partition coefficient (Wildman–Crippen LogP) is 2.40. The van der Waals surface area contributed by atoms with Crippen LogP contribution in [-0.2, 0) is 6.42 Å². The van der Waals surface area contributed by atoms with Gasteiger partial charge in [-0.25, -0.2) is 0 Å². The topological polar surface area (TPSA) is 29.5 Å². The summed E-state index contributed by atoms with van der Waals surface area (Å²) in [5, 5.41) is 8.77. The highest BCUT2D eigenvalue weighted by Crippen LogP contribution is 2.32. The summed E-state index contributed by atoms with van der Waals surface area (Å²) in [6.45, 7) is 1.05. The second kappa shape index (κ2) is 5.17. The van der Waals surface area contributed by atoms with Crippen molar-refractivity contribution in [3.63, 3.8) is 0 Å². The van der Waals surface area contributed by atoms with Crippen molar-refractivity contribution in [2.45, 2.75) is 25.7 Å². The van der Waals surface area contributed by atoms with E-state index in [0.717, 1.165) is 30.3 Å². The summed E-state index contributed by atoms with van der Waals surface area (Å²) in [7, 11) is 0. The van der Waals surface area contributed by atoms with Crippen LogP contribution in [-0.4, -0.2) is 18.3 Å². The zero-order valence-electron chi connectivity index (χ0n) is 8.98. The van der Waals surface area contributed by atoms with Gasteiger partial charge in [-0.3, -0.25) is 0 Å². The van der Waals surface area contributed by atoms with E-state index in [1.165, 1.54) is 19.3 Å². The standard InChI is InChI=1S/C13H18O2/c14-9-7-11-3-5-13(6-4-11)15-10-8-12-1-2-12/h3-6,12,14H,1-2,7-10H2. The highest BCUT2D eigenvalue weighted by Gasteiger charge is 2.20. The Bertz CT molecular complexity index is 288. The number of benzene rings is 1. The minimum Gasteiger partial charge on any atom is -0.494 e. The molecular formula is C13H18O2. The van der Waals surface area contributed by atoms with Crippen molar-refractivity contribution in [2.24, 2.45) is 5.92 Å². The van der Waals surface area contributed by atoms with Crippen LogP contribution in [0.4, 0.5) is 0 Å². The van der Waals surface area contributed by atoms with Crippen LogP contribution in [0.1, 0.15) is 24.8 Å². The average molecular weight is 206 g/mol. The predicted molar refractivity (Wildman–Crippen MR) is 60.1 cm³/mol. The molecule has 82 valence electrons. The molecule has 0 heterocycles. The molecule has 1 fully saturated rings. The number of hydrogen-bond acceptors (Lipinski definition) is 2. The SMILES string of the molecule is OCCc1ccc(OCCC2CC2)cc1. The van der Waals surface area contributed by atoms with Gasteiger partial charge in [0.05, 0.1) is 6.61 Å². The molecule has 1 saturated carbocycles.